The van der Waals surface area contributed by atoms with Gasteiger partial charge in [-0.25, -0.2) is 0 Å². The fraction of sp³-hybridized carbons (Fsp3) is 0. The highest BCUT2D eigenvalue weighted by atomic mass is 14.2. The van der Waals surface area contributed by atoms with Crippen LogP contribution in [0.5, 0.6) is 0 Å². The van der Waals surface area contributed by atoms with Gasteiger partial charge in [-0.15, -0.1) is 0 Å². The van der Waals surface area contributed by atoms with E-state index in [0.29, 0.717) is 0 Å². The van der Waals surface area contributed by atoms with Crippen LogP contribution < -0.4 is 0 Å². The zero-order valence-corrected chi connectivity index (χ0v) is 34.1. The van der Waals surface area contributed by atoms with Crippen LogP contribution in [0.25, 0.3) is 121 Å². The molecule has 0 spiro atoms. The average molecular weight is 785 g/mol. The summed E-state index contributed by atoms with van der Waals surface area (Å²) < 4.78 is 0. The Balaban J connectivity index is 1.00. The van der Waals surface area contributed by atoms with Crippen LogP contribution in [-0.4, -0.2) is 0 Å². The zero-order chi connectivity index (χ0) is 41.0. The highest BCUT2D eigenvalue weighted by Crippen LogP contribution is 2.43. The van der Waals surface area contributed by atoms with Gasteiger partial charge in [0.1, 0.15) is 0 Å². The minimum Gasteiger partial charge on any atom is -0.0622 e. The van der Waals surface area contributed by atoms with Gasteiger partial charge in [-0.1, -0.05) is 194 Å². The van der Waals surface area contributed by atoms with Gasteiger partial charge in [-0.2, -0.15) is 0 Å². The summed E-state index contributed by atoms with van der Waals surface area (Å²) in [5, 5.41) is 12.5. The molecule has 0 aromatic heterocycles. The van der Waals surface area contributed by atoms with Crippen molar-refractivity contribution in [1.82, 2.24) is 0 Å². The molecule has 0 saturated carbocycles. The quantitative estimate of drug-likeness (QED) is 0.158. The summed E-state index contributed by atoms with van der Waals surface area (Å²) in [4.78, 5) is 0. The lowest BCUT2D eigenvalue weighted by Crippen LogP contribution is -1.91. The molecule has 0 N–H and O–H groups in total. The Labute approximate surface area is 361 Å². The van der Waals surface area contributed by atoms with Crippen molar-refractivity contribution < 1.29 is 0 Å². The Bertz CT molecular complexity index is 3420. The molecular weight excluding hydrogens is 745 g/mol. The van der Waals surface area contributed by atoms with Gasteiger partial charge in [0.25, 0.3) is 0 Å². The van der Waals surface area contributed by atoms with Crippen molar-refractivity contribution in [1.29, 1.82) is 0 Å². The molecule has 0 amide bonds. The normalized spacial score (nSPS) is 11.5. The molecule has 0 unspecified atom stereocenters. The lowest BCUT2D eigenvalue weighted by atomic mass is 9.86. The molecule has 12 aromatic rings. The molecule has 0 bridgehead atoms. The van der Waals surface area contributed by atoms with Crippen molar-refractivity contribution >= 4 is 53.9 Å². The van der Waals surface area contributed by atoms with E-state index in [-0.39, 0.29) is 0 Å². The maximum absolute atomic E-state index is 2.41. The monoisotopic (exact) mass is 784 g/mol. The van der Waals surface area contributed by atoms with Crippen molar-refractivity contribution in [2.24, 2.45) is 0 Å². The third-order valence-corrected chi connectivity index (χ3v) is 12.8. The second kappa shape index (κ2) is 14.9. The van der Waals surface area contributed by atoms with E-state index in [1.807, 2.05) is 0 Å². The van der Waals surface area contributed by atoms with Gasteiger partial charge in [0.05, 0.1) is 0 Å². The van der Waals surface area contributed by atoms with Crippen LogP contribution in [-0.2, 0) is 0 Å². The van der Waals surface area contributed by atoms with E-state index in [1.54, 1.807) is 0 Å². The van der Waals surface area contributed by atoms with Crippen molar-refractivity contribution in [3.63, 3.8) is 0 Å². The molecule has 62 heavy (non-hydrogen) atoms. The molecule has 0 heterocycles. The lowest BCUT2D eigenvalue weighted by molar-refractivity contribution is 1.60. The molecule has 288 valence electrons. The van der Waals surface area contributed by atoms with Gasteiger partial charge >= 0.3 is 0 Å². The topological polar surface area (TPSA) is 0 Å². The standard InChI is InChI=1S/C62H40/c1-3-13-43(14-4-1)59-37-53(49-27-25-47-35-51(31-29-45(47)33-49)57-23-11-19-41-17-7-9-21-55(41)57)40-62-60(44-15-5-2-6-16-44)38-54(39-61(59)62)50-28-26-48-36-52(32-30-46(48)34-50)58-24-12-20-42-18-8-10-22-56(42)58/h1-40H. The Morgan fingerprint density at radius 1 is 0.145 bits per heavy atom. The van der Waals surface area contributed by atoms with E-state index in [0.717, 1.165) is 0 Å². The zero-order valence-electron chi connectivity index (χ0n) is 34.1. The van der Waals surface area contributed by atoms with Gasteiger partial charge in [0.15, 0.2) is 0 Å². The fourth-order valence-electron chi connectivity index (χ4n) is 9.65. The van der Waals surface area contributed by atoms with Crippen LogP contribution in [0.4, 0.5) is 0 Å². The first-order valence-corrected chi connectivity index (χ1v) is 21.5. The summed E-state index contributed by atoms with van der Waals surface area (Å²) in [6, 6.07) is 89.5. The molecule has 12 rings (SSSR count). The molecule has 0 saturated heterocycles. The number of benzene rings is 12. The Morgan fingerprint density at radius 2 is 0.500 bits per heavy atom. The second-order valence-corrected chi connectivity index (χ2v) is 16.5. The van der Waals surface area contributed by atoms with E-state index in [1.165, 1.54) is 121 Å². The third kappa shape index (κ3) is 6.33. The first kappa shape index (κ1) is 35.8. The highest BCUT2D eigenvalue weighted by Gasteiger charge is 2.16. The van der Waals surface area contributed by atoms with E-state index in [4.69, 9.17) is 0 Å². The van der Waals surface area contributed by atoms with E-state index >= 15 is 0 Å². The first-order valence-electron chi connectivity index (χ1n) is 21.5. The van der Waals surface area contributed by atoms with Gasteiger partial charge in [-0.05, 0) is 169 Å². The summed E-state index contributed by atoms with van der Waals surface area (Å²) in [6.45, 7) is 0. The summed E-state index contributed by atoms with van der Waals surface area (Å²) in [7, 11) is 0. The number of hydrogen-bond donors (Lipinski definition) is 0. The highest BCUT2D eigenvalue weighted by molar-refractivity contribution is 6.10. The van der Waals surface area contributed by atoms with Crippen LogP contribution in [0.1, 0.15) is 0 Å². The lowest BCUT2D eigenvalue weighted by Gasteiger charge is -2.18. The minimum absolute atomic E-state index is 1.20. The van der Waals surface area contributed by atoms with E-state index < -0.39 is 0 Å². The van der Waals surface area contributed by atoms with Crippen molar-refractivity contribution in [3.8, 4) is 66.8 Å². The molecule has 12 aromatic carbocycles. The van der Waals surface area contributed by atoms with E-state index in [2.05, 4.69) is 243 Å². The first-order chi connectivity index (χ1) is 30.7. The average Bonchev–Trinajstić information content (AvgIpc) is 3.35. The SMILES string of the molecule is c1ccc(-c2cc(-c3ccc4cc(-c5cccc6ccccc56)ccc4c3)cc3c(-c4ccccc4)cc(-c4ccc5cc(-c6cccc7ccccc67)ccc5c4)cc23)cc1. The smallest absolute Gasteiger partial charge is 0.00926 e. The molecule has 0 atom stereocenters. The number of hydrogen-bond acceptors (Lipinski definition) is 0. The van der Waals surface area contributed by atoms with Gasteiger partial charge in [0, 0.05) is 0 Å². The Morgan fingerprint density at radius 3 is 0.935 bits per heavy atom. The van der Waals surface area contributed by atoms with Crippen LogP contribution in [0.2, 0.25) is 0 Å². The summed E-state index contributed by atoms with van der Waals surface area (Å²) in [6.07, 6.45) is 0. The maximum atomic E-state index is 2.41. The van der Waals surface area contributed by atoms with Crippen LogP contribution >= 0.6 is 0 Å². The van der Waals surface area contributed by atoms with Crippen molar-refractivity contribution in [2.45, 2.75) is 0 Å². The van der Waals surface area contributed by atoms with E-state index in [9.17, 15) is 0 Å². The number of rotatable bonds is 6. The summed E-state index contributed by atoms with van der Waals surface area (Å²) in [5.41, 5.74) is 14.7. The summed E-state index contributed by atoms with van der Waals surface area (Å²) >= 11 is 0. The molecule has 0 heteroatoms. The molecule has 0 aliphatic rings. The molecule has 0 radical (unpaired) electrons. The van der Waals surface area contributed by atoms with Crippen LogP contribution in [0, 0.1) is 0 Å². The van der Waals surface area contributed by atoms with Gasteiger partial charge in [-0.3, -0.25) is 0 Å². The number of fused-ring (bicyclic) bond motifs is 5. The third-order valence-electron chi connectivity index (χ3n) is 12.8. The van der Waals surface area contributed by atoms with Crippen LogP contribution in [0.3, 0.4) is 0 Å². The molecule has 0 aliphatic heterocycles. The van der Waals surface area contributed by atoms with Gasteiger partial charge in [0.2, 0.25) is 0 Å². The predicted molar refractivity (Wildman–Crippen MR) is 267 cm³/mol. The Kier molecular flexibility index (Phi) is 8.61. The fourth-order valence-corrected chi connectivity index (χ4v) is 9.65. The largest absolute Gasteiger partial charge is 0.0622 e. The molecule has 0 aliphatic carbocycles. The predicted octanol–water partition coefficient (Wildman–Crippen LogP) is 17.5. The second-order valence-electron chi connectivity index (χ2n) is 16.5. The molecular formula is C62H40. The Hall–Kier alpha value is -8.06. The molecule has 0 nitrogen and oxygen atoms in total. The van der Waals surface area contributed by atoms with Crippen molar-refractivity contribution in [3.05, 3.63) is 243 Å². The summed E-state index contributed by atoms with van der Waals surface area (Å²) in [5.74, 6) is 0. The minimum atomic E-state index is 1.20. The van der Waals surface area contributed by atoms with Crippen LogP contribution in [0.15, 0.2) is 243 Å². The maximum Gasteiger partial charge on any atom is -0.00926 e. The van der Waals surface area contributed by atoms with Gasteiger partial charge < -0.3 is 0 Å². The van der Waals surface area contributed by atoms with Crippen molar-refractivity contribution in [2.75, 3.05) is 0 Å². The molecule has 0 fully saturated rings.